The largest absolute Gasteiger partial charge is 0.469 e. The van der Waals surface area contributed by atoms with Crippen LogP contribution in [0.1, 0.15) is 46.0 Å². The minimum atomic E-state index is -0.0792. The zero-order chi connectivity index (χ0) is 17.4. The smallest absolute Gasteiger partial charge is 0.308 e. The molecule has 138 valence electrons. The second-order valence-electron chi connectivity index (χ2n) is 6.90. The van der Waals surface area contributed by atoms with Gasteiger partial charge in [0, 0.05) is 39.4 Å². The lowest BCUT2D eigenvalue weighted by atomic mass is 9.97. The van der Waals surface area contributed by atoms with Crippen molar-refractivity contribution in [3.05, 3.63) is 0 Å². The Labute approximate surface area is 146 Å². The van der Waals surface area contributed by atoms with E-state index >= 15 is 0 Å². The number of methoxy groups -OCH3 is 1. The molecule has 6 nitrogen and oxygen atoms in total. The summed E-state index contributed by atoms with van der Waals surface area (Å²) < 4.78 is 10.4. The van der Waals surface area contributed by atoms with Gasteiger partial charge in [-0.05, 0) is 51.4 Å². The van der Waals surface area contributed by atoms with Crippen molar-refractivity contribution in [2.45, 2.75) is 46.0 Å². The third kappa shape index (κ3) is 5.36. The van der Waals surface area contributed by atoms with Gasteiger partial charge in [0.2, 0.25) is 0 Å². The Balaban J connectivity index is 1.86. The number of nitrogens with one attached hydrogen (secondary N) is 1. The van der Waals surface area contributed by atoms with Crippen LogP contribution >= 0.6 is 0 Å². The number of guanidine groups is 1. The molecule has 0 aromatic heterocycles. The van der Waals surface area contributed by atoms with E-state index in [0.717, 1.165) is 64.6 Å². The molecule has 0 radical (unpaired) electrons. The highest BCUT2D eigenvalue weighted by atomic mass is 16.5. The summed E-state index contributed by atoms with van der Waals surface area (Å²) in [5.41, 5.74) is 0.361. The third-order valence-electron chi connectivity index (χ3n) is 5.17. The molecule has 1 N–H and O–H groups in total. The van der Waals surface area contributed by atoms with Gasteiger partial charge in [-0.15, -0.1) is 0 Å². The first-order valence-electron chi connectivity index (χ1n) is 9.33. The van der Waals surface area contributed by atoms with Crippen molar-refractivity contribution < 1.29 is 14.3 Å². The van der Waals surface area contributed by atoms with E-state index in [2.05, 4.69) is 17.1 Å². The monoisotopic (exact) mass is 339 g/mol. The number of esters is 1. The van der Waals surface area contributed by atoms with Crippen LogP contribution in [0.25, 0.3) is 0 Å². The summed E-state index contributed by atoms with van der Waals surface area (Å²) >= 11 is 0. The maximum atomic E-state index is 11.7. The molecule has 1 saturated heterocycles. The Bertz CT molecular complexity index is 427. The Morgan fingerprint density at radius 1 is 1.29 bits per heavy atom. The van der Waals surface area contributed by atoms with E-state index in [9.17, 15) is 4.79 Å². The number of nitrogens with zero attached hydrogens (tertiary/aromatic N) is 2. The van der Waals surface area contributed by atoms with Crippen LogP contribution in [0.5, 0.6) is 0 Å². The van der Waals surface area contributed by atoms with Crippen LogP contribution in [0, 0.1) is 11.3 Å². The van der Waals surface area contributed by atoms with Gasteiger partial charge in [-0.3, -0.25) is 9.79 Å². The number of piperidine rings is 1. The molecule has 2 aliphatic rings. The number of rotatable bonds is 8. The molecular weight excluding hydrogens is 306 g/mol. The van der Waals surface area contributed by atoms with Crippen molar-refractivity contribution in [1.82, 2.24) is 10.2 Å². The molecule has 0 aromatic carbocycles. The van der Waals surface area contributed by atoms with Gasteiger partial charge in [-0.2, -0.15) is 0 Å². The minimum absolute atomic E-state index is 0.0371. The molecule has 0 bridgehead atoms. The number of hydrogen-bond acceptors (Lipinski definition) is 4. The van der Waals surface area contributed by atoms with E-state index in [4.69, 9.17) is 14.5 Å². The highest BCUT2D eigenvalue weighted by Crippen LogP contribution is 2.49. The van der Waals surface area contributed by atoms with E-state index < -0.39 is 0 Å². The fourth-order valence-corrected chi connectivity index (χ4v) is 3.26. The van der Waals surface area contributed by atoms with Crippen LogP contribution < -0.4 is 5.32 Å². The van der Waals surface area contributed by atoms with Crippen molar-refractivity contribution in [2.75, 3.05) is 46.5 Å². The van der Waals surface area contributed by atoms with E-state index in [1.807, 2.05) is 6.92 Å². The van der Waals surface area contributed by atoms with Crippen molar-refractivity contribution in [3.8, 4) is 0 Å². The number of carbonyl (C=O) groups excluding carboxylic acids is 1. The minimum Gasteiger partial charge on any atom is -0.469 e. The standard InChI is InChI=1S/C18H33N3O3/c1-4-19-17(20-14-18(8-9-18)10-13-24-5-2)21-11-6-15(7-12-21)16(22)23-3/h15H,4-14H2,1-3H3,(H,19,20). The Morgan fingerprint density at radius 2 is 2.00 bits per heavy atom. The van der Waals surface area contributed by atoms with Crippen molar-refractivity contribution in [3.63, 3.8) is 0 Å². The number of hydrogen-bond donors (Lipinski definition) is 1. The van der Waals surface area contributed by atoms with Gasteiger partial charge in [-0.1, -0.05) is 0 Å². The highest BCUT2D eigenvalue weighted by molar-refractivity contribution is 5.80. The molecule has 0 aromatic rings. The molecule has 0 atom stereocenters. The quantitative estimate of drug-likeness (QED) is 0.317. The summed E-state index contributed by atoms with van der Waals surface area (Å²) in [5.74, 6) is 0.947. The maximum Gasteiger partial charge on any atom is 0.308 e. The lowest BCUT2D eigenvalue weighted by Gasteiger charge is -2.33. The summed E-state index contributed by atoms with van der Waals surface area (Å²) in [4.78, 5) is 18.8. The van der Waals surface area contributed by atoms with Crippen molar-refractivity contribution >= 4 is 11.9 Å². The summed E-state index contributed by atoms with van der Waals surface area (Å²) in [6.45, 7) is 9.22. The SMILES string of the molecule is CCNC(=NCC1(CCOCC)CC1)N1CCC(C(=O)OC)CC1. The van der Waals surface area contributed by atoms with Gasteiger partial charge in [0.15, 0.2) is 5.96 Å². The van der Waals surface area contributed by atoms with E-state index in [0.29, 0.717) is 5.41 Å². The lowest BCUT2D eigenvalue weighted by molar-refractivity contribution is -0.146. The third-order valence-corrected chi connectivity index (χ3v) is 5.17. The Kier molecular flexibility index (Phi) is 7.34. The average Bonchev–Trinajstić information content (AvgIpc) is 3.38. The molecule has 0 unspecified atom stereocenters. The topological polar surface area (TPSA) is 63.2 Å². The second kappa shape index (κ2) is 9.25. The summed E-state index contributed by atoms with van der Waals surface area (Å²) in [6, 6.07) is 0. The highest BCUT2D eigenvalue weighted by Gasteiger charge is 2.42. The Morgan fingerprint density at radius 3 is 2.54 bits per heavy atom. The molecule has 1 saturated carbocycles. The zero-order valence-corrected chi connectivity index (χ0v) is 15.5. The molecule has 1 heterocycles. The molecule has 2 rings (SSSR count). The van der Waals surface area contributed by atoms with Crippen molar-refractivity contribution in [1.29, 1.82) is 0 Å². The number of carbonyl (C=O) groups is 1. The molecular formula is C18H33N3O3. The summed E-state index contributed by atoms with van der Waals surface area (Å²) in [5, 5.41) is 3.41. The first-order valence-corrected chi connectivity index (χ1v) is 9.33. The van der Waals surface area contributed by atoms with Gasteiger partial charge in [0.25, 0.3) is 0 Å². The Hall–Kier alpha value is -1.30. The predicted octanol–water partition coefficient (Wildman–Crippen LogP) is 2.04. The first kappa shape index (κ1) is 19.0. The molecule has 1 aliphatic heterocycles. The van der Waals surface area contributed by atoms with Gasteiger partial charge in [0.1, 0.15) is 0 Å². The molecule has 0 spiro atoms. The van der Waals surface area contributed by atoms with Crippen LogP contribution in [-0.2, 0) is 14.3 Å². The predicted molar refractivity (Wildman–Crippen MR) is 95.1 cm³/mol. The van der Waals surface area contributed by atoms with Crippen LogP contribution in [0.4, 0.5) is 0 Å². The van der Waals surface area contributed by atoms with Gasteiger partial charge in [-0.25, -0.2) is 0 Å². The van der Waals surface area contributed by atoms with Gasteiger partial charge in [0.05, 0.1) is 13.0 Å². The maximum absolute atomic E-state index is 11.7. The van der Waals surface area contributed by atoms with E-state index in [1.54, 1.807) is 0 Å². The summed E-state index contributed by atoms with van der Waals surface area (Å²) in [6.07, 6.45) is 5.30. The van der Waals surface area contributed by atoms with Gasteiger partial charge < -0.3 is 19.7 Å². The number of aliphatic imine (C=N–C) groups is 1. The molecule has 2 fully saturated rings. The van der Waals surface area contributed by atoms with E-state index in [1.165, 1.54) is 20.0 Å². The number of ether oxygens (including phenoxy) is 2. The van der Waals surface area contributed by atoms with Crippen LogP contribution in [0.2, 0.25) is 0 Å². The fourth-order valence-electron chi connectivity index (χ4n) is 3.26. The molecule has 6 heteroatoms. The summed E-state index contributed by atoms with van der Waals surface area (Å²) in [7, 11) is 1.47. The van der Waals surface area contributed by atoms with Crippen LogP contribution in [-0.4, -0.2) is 63.3 Å². The zero-order valence-electron chi connectivity index (χ0n) is 15.5. The van der Waals surface area contributed by atoms with Crippen LogP contribution in [0.15, 0.2) is 4.99 Å². The van der Waals surface area contributed by atoms with Crippen molar-refractivity contribution in [2.24, 2.45) is 16.3 Å². The normalized spacial score (nSPS) is 20.8. The van der Waals surface area contributed by atoms with E-state index in [-0.39, 0.29) is 11.9 Å². The number of likely N-dealkylation sites (tertiary alicyclic amines) is 1. The second-order valence-corrected chi connectivity index (χ2v) is 6.90. The lowest BCUT2D eigenvalue weighted by Crippen LogP contribution is -2.47. The molecule has 24 heavy (non-hydrogen) atoms. The average molecular weight is 339 g/mol. The van der Waals surface area contributed by atoms with Crippen LogP contribution in [0.3, 0.4) is 0 Å². The first-order chi connectivity index (χ1) is 11.6. The van der Waals surface area contributed by atoms with Gasteiger partial charge >= 0.3 is 5.97 Å². The fraction of sp³-hybridized carbons (Fsp3) is 0.889. The molecule has 1 aliphatic carbocycles. The molecule has 0 amide bonds.